The fourth-order valence-electron chi connectivity index (χ4n) is 4.18. The van der Waals surface area contributed by atoms with E-state index in [0.717, 1.165) is 24.2 Å². The molecule has 1 aliphatic rings. The second-order valence-corrected chi connectivity index (χ2v) is 9.85. The molecule has 0 saturated heterocycles. The Hall–Kier alpha value is -1.93. The Morgan fingerprint density at radius 2 is 2.07 bits per heavy atom. The summed E-state index contributed by atoms with van der Waals surface area (Å²) in [6.45, 7) is 9.35. The molecule has 1 aliphatic heterocycles. The Morgan fingerprint density at radius 3 is 2.73 bits per heavy atom. The van der Waals surface area contributed by atoms with Crippen molar-refractivity contribution in [1.82, 2.24) is 5.43 Å². The first-order valence-electron chi connectivity index (χ1n) is 9.67. The zero-order valence-electron chi connectivity index (χ0n) is 17.3. The molecule has 0 spiro atoms. The van der Waals surface area contributed by atoms with E-state index in [9.17, 15) is 14.3 Å². The van der Waals surface area contributed by atoms with Gasteiger partial charge in [-0.1, -0.05) is 22.9 Å². The summed E-state index contributed by atoms with van der Waals surface area (Å²) in [5.41, 5.74) is 4.63. The number of phenols is 1. The molecule has 1 heterocycles. The third-order valence-electron chi connectivity index (χ3n) is 5.46. The Labute approximate surface area is 192 Å². The number of hydrogen-bond acceptors (Lipinski definition) is 4. The Balaban J connectivity index is 1.86. The molecule has 1 unspecified atom stereocenters. The Morgan fingerprint density at radius 1 is 1.37 bits per heavy atom. The van der Waals surface area contributed by atoms with E-state index in [2.05, 4.69) is 75.0 Å². The number of nitrogens with one attached hydrogen (secondary N) is 1. The van der Waals surface area contributed by atoms with Crippen LogP contribution in [0.4, 0.5) is 10.1 Å². The molecule has 0 aromatic heterocycles. The van der Waals surface area contributed by atoms with E-state index in [0.29, 0.717) is 14.5 Å². The number of halogens is 3. The molecular formula is C22H24Br2FN3O2. The third kappa shape index (κ3) is 4.39. The molecule has 1 atom stereocenters. The monoisotopic (exact) mass is 539 g/mol. The summed E-state index contributed by atoms with van der Waals surface area (Å²) in [6, 6.07) is 6.46. The van der Waals surface area contributed by atoms with E-state index in [1.165, 1.54) is 12.3 Å². The van der Waals surface area contributed by atoms with Gasteiger partial charge in [0.05, 0.1) is 16.3 Å². The van der Waals surface area contributed by atoms with Gasteiger partial charge in [0.25, 0.3) is 5.91 Å². The van der Waals surface area contributed by atoms with Crippen molar-refractivity contribution in [2.45, 2.75) is 45.6 Å². The summed E-state index contributed by atoms with van der Waals surface area (Å²) in [5.74, 6) is -0.919. The lowest BCUT2D eigenvalue weighted by molar-refractivity contribution is 0.0952. The maximum absolute atomic E-state index is 14.8. The molecular weight excluding hydrogens is 517 g/mol. The maximum Gasteiger partial charge on any atom is 0.275 e. The first-order chi connectivity index (χ1) is 14.0. The van der Waals surface area contributed by atoms with Gasteiger partial charge in [0, 0.05) is 27.8 Å². The fourth-order valence-corrected chi connectivity index (χ4v) is 5.40. The van der Waals surface area contributed by atoms with Crippen LogP contribution in [-0.2, 0) is 0 Å². The van der Waals surface area contributed by atoms with Gasteiger partial charge in [-0.05, 0) is 78.9 Å². The number of aromatic hydroxyl groups is 1. The first kappa shape index (κ1) is 22.7. The van der Waals surface area contributed by atoms with Crippen molar-refractivity contribution in [3.05, 3.63) is 55.7 Å². The van der Waals surface area contributed by atoms with Crippen LogP contribution in [0.25, 0.3) is 0 Å². The lowest BCUT2D eigenvalue weighted by atomic mass is 9.79. The lowest BCUT2D eigenvalue weighted by Crippen LogP contribution is -2.48. The van der Waals surface area contributed by atoms with Gasteiger partial charge in [0.1, 0.15) is 11.6 Å². The second kappa shape index (κ2) is 8.67. The summed E-state index contributed by atoms with van der Waals surface area (Å²) in [6.07, 6.45) is 2.25. The van der Waals surface area contributed by atoms with Gasteiger partial charge in [-0.2, -0.15) is 5.10 Å². The molecule has 0 saturated carbocycles. The standard InChI is InChI=1S/C22H24Br2FN3O2/c1-5-28-19-9-18(25)13(6-15(19)12(2)10-22(28,3)4)11-26-27-21(30)16-7-14(23)8-17(24)20(16)29/h6-9,11-12,29H,5,10H2,1-4H3,(H,27,30)/b26-11-. The summed E-state index contributed by atoms with van der Waals surface area (Å²) >= 11 is 6.46. The molecule has 160 valence electrons. The first-order valence-corrected chi connectivity index (χ1v) is 11.3. The van der Waals surface area contributed by atoms with Crippen LogP contribution in [-0.4, -0.2) is 29.3 Å². The number of anilines is 1. The van der Waals surface area contributed by atoms with Gasteiger partial charge in [-0.3, -0.25) is 4.79 Å². The zero-order chi connectivity index (χ0) is 22.2. The normalized spacial score (nSPS) is 17.8. The predicted octanol–water partition coefficient (Wildman–Crippen LogP) is 5.93. The van der Waals surface area contributed by atoms with Crippen LogP contribution in [0, 0.1) is 5.82 Å². The number of fused-ring (bicyclic) bond motifs is 1. The Bertz CT molecular complexity index is 1020. The van der Waals surface area contributed by atoms with Crippen LogP contribution in [0.15, 0.2) is 38.3 Å². The number of hydrazone groups is 1. The van der Waals surface area contributed by atoms with E-state index >= 15 is 0 Å². The van der Waals surface area contributed by atoms with Gasteiger partial charge in [0.2, 0.25) is 0 Å². The summed E-state index contributed by atoms with van der Waals surface area (Å²) in [5, 5.41) is 14.0. The van der Waals surface area contributed by atoms with Gasteiger partial charge in [-0.15, -0.1) is 0 Å². The Kier molecular flexibility index (Phi) is 6.57. The highest BCUT2D eigenvalue weighted by molar-refractivity contribution is 9.11. The third-order valence-corrected chi connectivity index (χ3v) is 6.53. The molecule has 2 N–H and O–H groups in total. The SMILES string of the molecule is CCN1c2cc(F)c(/C=N\NC(=O)c3cc(Br)cc(Br)c3O)cc2C(C)CC1(C)C. The zero-order valence-corrected chi connectivity index (χ0v) is 20.4. The summed E-state index contributed by atoms with van der Waals surface area (Å²) in [4.78, 5) is 14.6. The van der Waals surface area contributed by atoms with Crippen molar-refractivity contribution in [3.63, 3.8) is 0 Å². The maximum atomic E-state index is 14.8. The summed E-state index contributed by atoms with van der Waals surface area (Å²) in [7, 11) is 0. The molecule has 8 heteroatoms. The molecule has 2 aromatic carbocycles. The van der Waals surface area contributed by atoms with Crippen LogP contribution in [0.2, 0.25) is 0 Å². The van der Waals surface area contributed by atoms with Crippen molar-refractivity contribution in [2.75, 3.05) is 11.4 Å². The second-order valence-electron chi connectivity index (χ2n) is 8.08. The molecule has 30 heavy (non-hydrogen) atoms. The van der Waals surface area contributed by atoms with E-state index in [1.807, 2.05) is 0 Å². The molecule has 0 fully saturated rings. The number of carbonyl (C=O) groups excluding carboxylic acids is 1. The average Bonchev–Trinajstić information content (AvgIpc) is 2.65. The topological polar surface area (TPSA) is 64.9 Å². The number of hydrogen-bond donors (Lipinski definition) is 2. The van der Waals surface area contributed by atoms with Crippen molar-refractivity contribution in [1.29, 1.82) is 0 Å². The van der Waals surface area contributed by atoms with Crippen molar-refractivity contribution in [3.8, 4) is 5.75 Å². The minimum absolute atomic E-state index is 0.0442. The number of nitrogens with zero attached hydrogens (tertiary/aromatic N) is 2. The number of carbonyl (C=O) groups is 1. The molecule has 5 nitrogen and oxygen atoms in total. The minimum Gasteiger partial charge on any atom is -0.506 e. The highest BCUT2D eigenvalue weighted by Gasteiger charge is 2.36. The molecule has 3 rings (SSSR count). The highest BCUT2D eigenvalue weighted by atomic mass is 79.9. The van der Waals surface area contributed by atoms with Crippen LogP contribution in [0.1, 0.15) is 61.5 Å². The van der Waals surface area contributed by atoms with Crippen LogP contribution in [0.3, 0.4) is 0 Å². The lowest BCUT2D eigenvalue weighted by Gasteiger charge is -2.47. The number of amides is 1. The van der Waals surface area contributed by atoms with Crippen molar-refractivity contribution >= 4 is 49.7 Å². The van der Waals surface area contributed by atoms with Gasteiger partial charge in [-0.25, -0.2) is 9.82 Å². The molecule has 1 amide bonds. The van der Waals surface area contributed by atoms with Gasteiger partial charge >= 0.3 is 0 Å². The predicted molar refractivity (Wildman–Crippen MR) is 125 cm³/mol. The van der Waals surface area contributed by atoms with E-state index in [1.54, 1.807) is 18.2 Å². The van der Waals surface area contributed by atoms with E-state index in [4.69, 9.17) is 0 Å². The quantitative estimate of drug-likeness (QED) is 0.373. The van der Waals surface area contributed by atoms with Gasteiger partial charge in [0.15, 0.2) is 0 Å². The highest BCUT2D eigenvalue weighted by Crippen LogP contribution is 2.43. The largest absolute Gasteiger partial charge is 0.506 e. The minimum atomic E-state index is -0.601. The molecule has 0 radical (unpaired) electrons. The average molecular weight is 541 g/mol. The number of rotatable bonds is 4. The van der Waals surface area contributed by atoms with Crippen molar-refractivity contribution < 1.29 is 14.3 Å². The van der Waals surface area contributed by atoms with E-state index in [-0.39, 0.29) is 22.8 Å². The van der Waals surface area contributed by atoms with Crippen LogP contribution >= 0.6 is 31.9 Å². The number of phenolic OH excluding ortho intramolecular Hbond substituents is 1. The van der Waals surface area contributed by atoms with Crippen molar-refractivity contribution in [2.24, 2.45) is 5.10 Å². The smallest absolute Gasteiger partial charge is 0.275 e. The van der Waals surface area contributed by atoms with Gasteiger partial charge < -0.3 is 10.0 Å². The fraction of sp³-hybridized carbons (Fsp3) is 0.364. The molecule has 2 aromatic rings. The summed E-state index contributed by atoms with van der Waals surface area (Å²) < 4.78 is 15.8. The molecule has 0 aliphatic carbocycles. The van der Waals surface area contributed by atoms with Crippen LogP contribution in [0.5, 0.6) is 5.75 Å². The molecule has 0 bridgehead atoms. The van der Waals surface area contributed by atoms with Crippen LogP contribution < -0.4 is 10.3 Å². The number of benzene rings is 2. The van der Waals surface area contributed by atoms with E-state index < -0.39 is 11.7 Å².